The molecule has 0 amide bonds. The van der Waals surface area contributed by atoms with E-state index in [1.54, 1.807) is 0 Å². The van der Waals surface area contributed by atoms with Crippen LogP contribution in [0.3, 0.4) is 0 Å². The van der Waals surface area contributed by atoms with E-state index in [-0.39, 0.29) is 5.54 Å². The van der Waals surface area contributed by atoms with Crippen LogP contribution in [0.4, 0.5) is 0 Å². The second kappa shape index (κ2) is 5.81. The average Bonchev–Trinajstić information content (AvgIpc) is 3.16. The lowest BCUT2D eigenvalue weighted by Gasteiger charge is -2.41. The summed E-state index contributed by atoms with van der Waals surface area (Å²) >= 11 is 0. The van der Waals surface area contributed by atoms with E-state index in [0.29, 0.717) is 12.1 Å². The molecule has 1 aliphatic carbocycles. The summed E-state index contributed by atoms with van der Waals surface area (Å²) < 4.78 is 0. The van der Waals surface area contributed by atoms with Gasteiger partial charge in [-0.25, -0.2) is 0 Å². The maximum atomic E-state index is 9.47. The largest absolute Gasteiger partial charge is 0.300 e. The highest BCUT2D eigenvalue weighted by molar-refractivity contribution is 5.08. The van der Waals surface area contributed by atoms with E-state index in [1.807, 2.05) is 0 Å². The first-order valence-corrected chi connectivity index (χ1v) is 7.86. The maximum absolute atomic E-state index is 9.47. The van der Waals surface area contributed by atoms with Crippen molar-refractivity contribution in [3.05, 3.63) is 0 Å². The molecule has 4 atom stereocenters. The van der Waals surface area contributed by atoms with Gasteiger partial charge < -0.3 is 4.90 Å². The van der Waals surface area contributed by atoms with Gasteiger partial charge in [0.15, 0.2) is 0 Å². The zero-order valence-electron chi connectivity index (χ0n) is 12.9. The van der Waals surface area contributed by atoms with Crippen LogP contribution >= 0.6 is 0 Å². The Hall–Kier alpha value is -0.590. The van der Waals surface area contributed by atoms with Crippen LogP contribution in [0.15, 0.2) is 0 Å². The number of nitrogens with one attached hydrogen (secondary N) is 1. The summed E-state index contributed by atoms with van der Waals surface area (Å²) in [4.78, 5) is 2.58. The van der Waals surface area contributed by atoms with Gasteiger partial charge in [0.1, 0.15) is 5.54 Å². The summed E-state index contributed by atoms with van der Waals surface area (Å²) in [5, 5.41) is 13.0. The van der Waals surface area contributed by atoms with Crippen LogP contribution in [0.25, 0.3) is 0 Å². The third kappa shape index (κ3) is 3.94. The molecule has 0 aromatic carbocycles. The topological polar surface area (TPSA) is 39.1 Å². The first-order valence-electron chi connectivity index (χ1n) is 7.86. The summed E-state index contributed by atoms with van der Waals surface area (Å²) in [5.74, 6) is 1.62. The maximum Gasteiger partial charge on any atom is 0.105 e. The molecule has 2 aliphatic rings. The minimum atomic E-state index is -0.354. The van der Waals surface area contributed by atoms with Crippen molar-refractivity contribution in [1.29, 1.82) is 5.26 Å². The second-order valence-corrected chi connectivity index (χ2v) is 7.15. The molecule has 2 fully saturated rings. The van der Waals surface area contributed by atoms with E-state index >= 15 is 0 Å². The summed E-state index contributed by atoms with van der Waals surface area (Å²) in [5.41, 5.74) is -0.354. The number of piperidine rings is 1. The minimum Gasteiger partial charge on any atom is -0.300 e. The molecule has 19 heavy (non-hydrogen) atoms. The van der Waals surface area contributed by atoms with Crippen LogP contribution in [-0.4, -0.2) is 35.6 Å². The Morgan fingerprint density at radius 3 is 2.53 bits per heavy atom. The second-order valence-electron chi connectivity index (χ2n) is 7.15. The fourth-order valence-electron chi connectivity index (χ4n) is 3.23. The Balaban J connectivity index is 1.88. The zero-order valence-corrected chi connectivity index (χ0v) is 12.9. The van der Waals surface area contributed by atoms with Crippen LogP contribution in [-0.2, 0) is 0 Å². The van der Waals surface area contributed by atoms with E-state index in [0.717, 1.165) is 18.3 Å². The molecule has 0 aromatic heterocycles. The van der Waals surface area contributed by atoms with E-state index in [9.17, 15) is 5.26 Å². The predicted molar refractivity (Wildman–Crippen MR) is 78.8 cm³/mol. The van der Waals surface area contributed by atoms with Crippen LogP contribution < -0.4 is 5.32 Å². The van der Waals surface area contributed by atoms with Crippen molar-refractivity contribution in [2.75, 3.05) is 13.1 Å². The molecule has 1 aliphatic heterocycles. The third-order valence-electron chi connectivity index (χ3n) is 5.04. The SMILES string of the molecule is CC1CCN(C(C)CC(C)(C#N)NC2CC2)CC1C. The standard InChI is InChI=1S/C16H29N3/c1-12-7-8-19(10-13(12)2)14(3)9-16(4,11-17)18-15-5-6-15/h12-15,18H,5-10H2,1-4H3. The lowest BCUT2D eigenvalue weighted by molar-refractivity contribution is 0.0892. The predicted octanol–water partition coefficient (Wildman–Crippen LogP) is 2.78. The van der Waals surface area contributed by atoms with Crippen molar-refractivity contribution >= 4 is 0 Å². The van der Waals surface area contributed by atoms with E-state index in [4.69, 9.17) is 0 Å². The Bertz CT molecular complexity index is 344. The summed E-state index contributed by atoms with van der Waals surface area (Å²) in [6.07, 6.45) is 4.71. The number of nitriles is 1. The number of nitrogens with zero attached hydrogens (tertiary/aromatic N) is 2. The monoisotopic (exact) mass is 263 g/mol. The Labute approximate surface area is 118 Å². The molecule has 4 unspecified atom stereocenters. The molecule has 0 aromatic rings. The molecule has 3 heteroatoms. The molecule has 0 radical (unpaired) electrons. The molecular weight excluding hydrogens is 234 g/mol. The molecule has 0 spiro atoms. The minimum absolute atomic E-state index is 0.354. The van der Waals surface area contributed by atoms with Gasteiger partial charge in [-0.05, 0) is 57.9 Å². The van der Waals surface area contributed by atoms with Gasteiger partial charge in [-0.1, -0.05) is 13.8 Å². The summed E-state index contributed by atoms with van der Waals surface area (Å²) in [6, 6.07) is 3.59. The molecule has 1 saturated heterocycles. The van der Waals surface area contributed by atoms with Crippen LogP contribution in [0, 0.1) is 23.2 Å². The smallest absolute Gasteiger partial charge is 0.105 e. The molecule has 1 saturated carbocycles. The number of hydrogen-bond donors (Lipinski definition) is 1. The molecule has 3 nitrogen and oxygen atoms in total. The fourth-order valence-corrected chi connectivity index (χ4v) is 3.23. The molecular formula is C16H29N3. The van der Waals surface area contributed by atoms with Gasteiger partial charge in [0, 0.05) is 18.6 Å². The summed E-state index contributed by atoms with van der Waals surface area (Å²) in [6.45, 7) is 11.5. The number of likely N-dealkylation sites (tertiary alicyclic amines) is 1. The van der Waals surface area contributed by atoms with Crippen molar-refractivity contribution in [3.63, 3.8) is 0 Å². The van der Waals surface area contributed by atoms with E-state index in [1.165, 1.54) is 32.4 Å². The van der Waals surface area contributed by atoms with Gasteiger partial charge in [-0.3, -0.25) is 5.32 Å². The van der Waals surface area contributed by atoms with Crippen LogP contribution in [0.5, 0.6) is 0 Å². The van der Waals surface area contributed by atoms with Gasteiger partial charge in [0.2, 0.25) is 0 Å². The van der Waals surface area contributed by atoms with Crippen molar-refractivity contribution in [2.45, 2.75) is 71.0 Å². The Morgan fingerprint density at radius 2 is 2.00 bits per heavy atom. The highest BCUT2D eigenvalue weighted by atomic mass is 15.2. The zero-order chi connectivity index (χ0) is 14.0. The first kappa shape index (κ1) is 14.8. The van der Waals surface area contributed by atoms with E-state index < -0.39 is 0 Å². The molecule has 1 N–H and O–H groups in total. The highest BCUT2D eigenvalue weighted by Gasteiger charge is 2.35. The Kier molecular flexibility index (Phi) is 4.53. The summed E-state index contributed by atoms with van der Waals surface area (Å²) in [7, 11) is 0. The molecule has 1 heterocycles. The number of rotatable bonds is 5. The lowest BCUT2D eigenvalue weighted by Crippen LogP contribution is -2.50. The molecule has 108 valence electrons. The fraction of sp³-hybridized carbons (Fsp3) is 0.938. The van der Waals surface area contributed by atoms with Gasteiger partial charge in [0.05, 0.1) is 6.07 Å². The van der Waals surface area contributed by atoms with Crippen molar-refractivity contribution in [1.82, 2.24) is 10.2 Å². The first-order chi connectivity index (χ1) is 8.93. The van der Waals surface area contributed by atoms with Crippen LogP contribution in [0.1, 0.15) is 53.4 Å². The Morgan fingerprint density at radius 1 is 1.32 bits per heavy atom. The van der Waals surface area contributed by atoms with Crippen LogP contribution in [0.2, 0.25) is 0 Å². The van der Waals surface area contributed by atoms with Gasteiger partial charge >= 0.3 is 0 Å². The highest BCUT2D eigenvalue weighted by Crippen LogP contribution is 2.28. The lowest BCUT2D eigenvalue weighted by atomic mass is 9.86. The van der Waals surface area contributed by atoms with Gasteiger partial charge in [0.25, 0.3) is 0 Å². The quantitative estimate of drug-likeness (QED) is 0.829. The molecule has 0 bridgehead atoms. The normalized spacial score (nSPS) is 33.4. The van der Waals surface area contributed by atoms with Crippen molar-refractivity contribution < 1.29 is 0 Å². The third-order valence-corrected chi connectivity index (χ3v) is 5.04. The average molecular weight is 263 g/mol. The van der Waals surface area contributed by atoms with E-state index in [2.05, 4.69) is 44.0 Å². The number of hydrogen-bond acceptors (Lipinski definition) is 3. The van der Waals surface area contributed by atoms with Gasteiger partial charge in [-0.15, -0.1) is 0 Å². The van der Waals surface area contributed by atoms with Crippen molar-refractivity contribution in [3.8, 4) is 6.07 Å². The van der Waals surface area contributed by atoms with Gasteiger partial charge in [-0.2, -0.15) is 5.26 Å². The molecule has 2 rings (SSSR count). The van der Waals surface area contributed by atoms with Crippen molar-refractivity contribution in [2.24, 2.45) is 11.8 Å².